The second kappa shape index (κ2) is 10.1. The number of nitrogens with one attached hydrogen (secondary N) is 1. The Morgan fingerprint density at radius 2 is 1.73 bits per heavy atom. The van der Waals surface area contributed by atoms with Crippen molar-refractivity contribution in [3.63, 3.8) is 0 Å². The molecule has 2 aromatic heterocycles. The zero-order valence-electron chi connectivity index (χ0n) is 19.4. The van der Waals surface area contributed by atoms with Crippen molar-refractivity contribution >= 4 is 34.5 Å². The van der Waals surface area contributed by atoms with Gasteiger partial charge in [-0.2, -0.15) is 0 Å². The number of aromatic nitrogens is 4. The molecule has 4 aromatic rings. The van der Waals surface area contributed by atoms with Gasteiger partial charge in [-0.15, -0.1) is 13.2 Å². The number of aryl methyl sites for hydroxylation is 1. The third-order valence-electron chi connectivity index (χ3n) is 5.30. The van der Waals surface area contributed by atoms with Crippen LogP contribution >= 0.6 is 11.8 Å². The van der Waals surface area contributed by atoms with E-state index < -0.39 is 35.1 Å². The quantitative estimate of drug-likeness (QED) is 0.287. The molecule has 0 unspecified atom stereocenters. The Hall–Kier alpha value is -4.07. The number of alkyl halides is 3. The van der Waals surface area contributed by atoms with Crippen LogP contribution in [0.3, 0.4) is 0 Å². The van der Waals surface area contributed by atoms with Crippen molar-refractivity contribution in [3.05, 3.63) is 80.7 Å². The van der Waals surface area contributed by atoms with E-state index in [1.165, 1.54) is 47.5 Å². The molecular weight excluding hydrogens is 518 g/mol. The van der Waals surface area contributed by atoms with E-state index in [1.54, 1.807) is 12.1 Å². The second-order valence-corrected chi connectivity index (χ2v) is 8.80. The van der Waals surface area contributed by atoms with Crippen LogP contribution in [0.15, 0.2) is 63.3 Å². The molecule has 0 atom stereocenters. The molecule has 0 saturated heterocycles. The minimum atomic E-state index is -4.83. The predicted molar refractivity (Wildman–Crippen MR) is 128 cm³/mol. The zero-order valence-corrected chi connectivity index (χ0v) is 20.2. The molecule has 0 aliphatic rings. The number of amides is 1. The highest BCUT2D eigenvalue weighted by molar-refractivity contribution is 7.99. The molecule has 4 rings (SSSR count). The lowest BCUT2D eigenvalue weighted by Gasteiger charge is -2.11. The molecule has 0 spiro atoms. The summed E-state index contributed by atoms with van der Waals surface area (Å²) in [6.07, 6.45) is -4.83. The summed E-state index contributed by atoms with van der Waals surface area (Å²) >= 11 is 0.946. The molecule has 14 heteroatoms. The van der Waals surface area contributed by atoms with Crippen LogP contribution in [0.1, 0.15) is 5.56 Å². The third-order valence-corrected chi connectivity index (χ3v) is 6.28. The number of carbonyl (C=O) groups excluding carboxylic acids is 1. The van der Waals surface area contributed by atoms with E-state index in [4.69, 9.17) is 0 Å². The number of ether oxygens (including phenoxy) is 1. The van der Waals surface area contributed by atoms with Crippen molar-refractivity contribution in [2.45, 2.75) is 18.1 Å². The Labute approximate surface area is 210 Å². The van der Waals surface area contributed by atoms with Gasteiger partial charge in [0.1, 0.15) is 11.6 Å². The van der Waals surface area contributed by atoms with Gasteiger partial charge in [0, 0.05) is 25.3 Å². The van der Waals surface area contributed by atoms with Crippen LogP contribution in [0.25, 0.3) is 11.2 Å². The van der Waals surface area contributed by atoms with E-state index in [9.17, 15) is 31.9 Å². The van der Waals surface area contributed by atoms with Crippen LogP contribution in [-0.2, 0) is 25.4 Å². The van der Waals surface area contributed by atoms with Gasteiger partial charge in [0.05, 0.1) is 12.3 Å². The summed E-state index contributed by atoms with van der Waals surface area (Å²) in [6, 6.07) is 10.6. The monoisotopic (exact) mass is 537 g/mol. The van der Waals surface area contributed by atoms with Gasteiger partial charge >= 0.3 is 12.1 Å². The summed E-state index contributed by atoms with van der Waals surface area (Å²) in [5.74, 6) is -1.65. The summed E-state index contributed by atoms with van der Waals surface area (Å²) in [6.45, 7) is -0.0821. The number of fused-ring (bicyclic) bond motifs is 1. The summed E-state index contributed by atoms with van der Waals surface area (Å²) in [7, 11) is 2.76. The number of anilines is 1. The van der Waals surface area contributed by atoms with E-state index in [2.05, 4.69) is 15.0 Å². The number of hydrogen-bond donors (Lipinski definition) is 1. The predicted octanol–water partition coefficient (Wildman–Crippen LogP) is 3.25. The number of thioether (sulfide) groups is 1. The maximum absolute atomic E-state index is 14.4. The lowest BCUT2D eigenvalue weighted by molar-refractivity contribution is -0.274. The lowest BCUT2D eigenvalue weighted by Crippen LogP contribution is -2.37. The Balaban J connectivity index is 1.60. The van der Waals surface area contributed by atoms with Gasteiger partial charge in [0.25, 0.3) is 5.56 Å². The number of rotatable bonds is 7. The standard InChI is InChI=1S/C23H19F4N5O4S/c1-30-19-18(20(34)31(2)22(30)35)32(11-13-5-3-4-6-16(13)24)21(29-19)37-12-17(33)28-14-7-9-15(10-8-14)36-23(25,26)27/h3-10H,11-12H2,1-2H3,(H,28,33). The van der Waals surface area contributed by atoms with Gasteiger partial charge in [-0.1, -0.05) is 30.0 Å². The van der Waals surface area contributed by atoms with Crippen molar-refractivity contribution < 1.29 is 27.1 Å². The van der Waals surface area contributed by atoms with Gasteiger partial charge in [0.15, 0.2) is 16.3 Å². The van der Waals surface area contributed by atoms with Gasteiger partial charge in [0.2, 0.25) is 5.91 Å². The molecule has 2 heterocycles. The molecule has 1 amide bonds. The third kappa shape index (κ3) is 5.69. The number of nitrogens with zero attached hydrogens (tertiary/aromatic N) is 4. The highest BCUT2D eigenvalue weighted by Gasteiger charge is 2.31. The number of benzene rings is 2. The van der Waals surface area contributed by atoms with Crippen molar-refractivity contribution in [2.75, 3.05) is 11.1 Å². The first kappa shape index (κ1) is 26.0. The highest BCUT2D eigenvalue weighted by Crippen LogP contribution is 2.26. The van der Waals surface area contributed by atoms with Crippen molar-refractivity contribution in [2.24, 2.45) is 14.1 Å². The summed E-state index contributed by atoms with van der Waals surface area (Å²) in [5, 5.41) is 2.74. The summed E-state index contributed by atoms with van der Waals surface area (Å²) < 4.78 is 58.7. The van der Waals surface area contributed by atoms with Gasteiger partial charge in [-0.3, -0.25) is 18.7 Å². The molecule has 37 heavy (non-hydrogen) atoms. The van der Waals surface area contributed by atoms with E-state index in [1.807, 2.05) is 0 Å². The van der Waals surface area contributed by atoms with Crippen LogP contribution < -0.4 is 21.3 Å². The molecule has 194 valence electrons. The average molecular weight is 537 g/mol. The molecule has 9 nitrogen and oxygen atoms in total. The van der Waals surface area contributed by atoms with Crippen LogP contribution in [0.2, 0.25) is 0 Å². The Kier molecular flexibility index (Phi) is 7.12. The molecule has 0 radical (unpaired) electrons. The van der Waals surface area contributed by atoms with E-state index >= 15 is 0 Å². The molecular formula is C23H19F4N5O4S. The number of hydrogen-bond acceptors (Lipinski definition) is 6. The summed E-state index contributed by atoms with van der Waals surface area (Å²) in [5.41, 5.74) is -0.579. The largest absolute Gasteiger partial charge is 0.573 e. The molecule has 0 aliphatic heterocycles. The Morgan fingerprint density at radius 1 is 1.05 bits per heavy atom. The van der Waals surface area contributed by atoms with Crippen LogP contribution in [0.4, 0.5) is 23.2 Å². The summed E-state index contributed by atoms with van der Waals surface area (Å²) in [4.78, 5) is 42.2. The fourth-order valence-corrected chi connectivity index (χ4v) is 4.34. The van der Waals surface area contributed by atoms with Crippen LogP contribution in [0.5, 0.6) is 5.75 Å². The van der Waals surface area contributed by atoms with Gasteiger partial charge in [-0.25, -0.2) is 14.2 Å². The lowest BCUT2D eigenvalue weighted by atomic mass is 10.2. The van der Waals surface area contributed by atoms with E-state index in [0.717, 1.165) is 28.5 Å². The first-order valence-corrected chi connectivity index (χ1v) is 11.6. The van der Waals surface area contributed by atoms with E-state index in [-0.39, 0.29) is 39.9 Å². The second-order valence-electron chi connectivity index (χ2n) is 7.86. The first-order valence-electron chi connectivity index (χ1n) is 10.6. The molecule has 0 saturated carbocycles. The van der Waals surface area contributed by atoms with Crippen LogP contribution in [0, 0.1) is 5.82 Å². The van der Waals surface area contributed by atoms with E-state index in [0.29, 0.717) is 0 Å². The SMILES string of the molecule is Cn1c(=O)c2c(nc(SCC(=O)Nc3ccc(OC(F)(F)F)cc3)n2Cc2ccccc2F)n(C)c1=O. The molecule has 2 aromatic carbocycles. The minimum absolute atomic E-state index is 0.0658. The fourth-order valence-electron chi connectivity index (χ4n) is 3.55. The van der Waals surface area contributed by atoms with Crippen molar-refractivity contribution in [1.29, 1.82) is 0 Å². The maximum atomic E-state index is 14.4. The highest BCUT2D eigenvalue weighted by atomic mass is 32.2. The fraction of sp³-hybridized carbons (Fsp3) is 0.217. The van der Waals surface area contributed by atoms with Gasteiger partial charge < -0.3 is 14.6 Å². The molecule has 0 aliphatic carbocycles. The van der Waals surface area contributed by atoms with Crippen molar-refractivity contribution in [1.82, 2.24) is 18.7 Å². The molecule has 0 bridgehead atoms. The molecule has 0 fully saturated rings. The molecule has 1 N–H and O–H groups in total. The number of carbonyl (C=O) groups is 1. The zero-order chi connectivity index (χ0) is 26.9. The number of imidazole rings is 1. The Bertz CT molecular complexity index is 1590. The maximum Gasteiger partial charge on any atom is 0.573 e. The average Bonchev–Trinajstić information content (AvgIpc) is 3.20. The van der Waals surface area contributed by atoms with Gasteiger partial charge in [-0.05, 0) is 30.3 Å². The topological polar surface area (TPSA) is 100 Å². The smallest absolute Gasteiger partial charge is 0.406 e. The van der Waals surface area contributed by atoms with Crippen molar-refractivity contribution in [3.8, 4) is 5.75 Å². The number of halogens is 4. The Morgan fingerprint density at radius 3 is 2.38 bits per heavy atom. The minimum Gasteiger partial charge on any atom is -0.406 e. The first-order chi connectivity index (χ1) is 17.4. The van der Waals surface area contributed by atoms with Crippen LogP contribution in [-0.4, -0.2) is 36.7 Å². The normalized spacial score (nSPS) is 11.6.